The smallest absolute Gasteiger partial charge is 0.267 e. The van der Waals surface area contributed by atoms with E-state index >= 15 is 0 Å². The number of aromatic nitrogens is 1. The molecule has 0 unspecified atom stereocenters. The molecule has 1 aromatic heterocycles. The van der Waals surface area contributed by atoms with E-state index in [1.54, 1.807) is 55.5 Å². The van der Waals surface area contributed by atoms with Crippen LogP contribution in [0.1, 0.15) is 16.7 Å². The molecule has 5 nitrogen and oxygen atoms in total. The molecule has 1 heterocycles. The number of halogens is 1. The Kier molecular flexibility index (Phi) is 5.18. The summed E-state index contributed by atoms with van der Waals surface area (Å²) in [4.78, 5) is 13.0. The number of hydrogen-bond donors (Lipinski definition) is 0. The molecule has 0 saturated heterocycles. The SMILES string of the molecule is Cc1ccc(-n2c(=C(C#N)C#N)s/c(=C/c3ccc(C#N)cc3)c2=O)cc1F. The van der Waals surface area contributed by atoms with Gasteiger partial charge >= 0.3 is 0 Å². The van der Waals surface area contributed by atoms with Crippen LogP contribution in [0.3, 0.4) is 0 Å². The van der Waals surface area contributed by atoms with Crippen LogP contribution in [0, 0.1) is 46.7 Å². The molecule has 3 aromatic rings. The summed E-state index contributed by atoms with van der Waals surface area (Å²) >= 11 is 0.978. The highest BCUT2D eigenvalue weighted by molar-refractivity contribution is 7.07. The Balaban J connectivity index is 2.35. The first-order valence-electron chi connectivity index (χ1n) is 8.03. The first-order valence-corrected chi connectivity index (χ1v) is 8.85. The maximum absolute atomic E-state index is 14.0. The highest BCUT2D eigenvalue weighted by Gasteiger charge is 2.12. The Morgan fingerprint density at radius 2 is 1.79 bits per heavy atom. The minimum absolute atomic E-state index is 0.137. The molecule has 0 spiro atoms. The van der Waals surface area contributed by atoms with E-state index < -0.39 is 11.4 Å². The molecule has 0 aliphatic heterocycles. The summed E-state index contributed by atoms with van der Waals surface area (Å²) in [7, 11) is 0. The van der Waals surface area contributed by atoms with Gasteiger partial charge in [0.1, 0.15) is 22.6 Å². The van der Waals surface area contributed by atoms with Crippen LogP contribution in [0.15, 0.2) is 47.3 Å². The third kappa shape index (κ3) is 3.46. The standard InChI is InChI=1S/C21H11FN4OS/c1-13-2-7-17(9-18(13)22)26-20(27)19(28-21(26)16(11-24)12-25)8-14-3-5-15(10-23)6-4-14/h2-9H,1H3/b19-8+. The zero-order chi connectivity index (χ0) is 20.3. The predicted octanol–water partition coefficient (Wildman–Crippen LogP) is 2.24. The second kappa shape index (κ2) is 7.72. The van der Waals surface area contributed by atoms with Crippen molar-refractivity contribution in [1.29, 1.82) is 15.8 Å². The third-order valence-corrected chi connectivity index (χ3v) is 5.10. The van der Waals surface area contributed by atoms with E-state index in [0.717, 1.165) is 11.3 Å². The van der Waals surface area contributed by atoms with Crippen LogP contribution < -0.4 is 14.8 Å². The highest BCUT2D eigenvalue weighted by Crippen LogP contribution is 2.11. The minimum Gasteiger partial charge on any atom is -0.267 e. The minimum atomic E-state index is -0.491. The fourth-order valence-corrected chi connectivity index (χ4v) is 3.59. The zero-order valence-corrected chi connectivity index (χ0v) is 15.4. The van der Waals surface area contributed by atoms with Crippen molar-refractivity contribution in [3.8, 4) is 23.9 Å². The number of hydrogen-bond acceptors (Lipinski definition) is 5. The summed E-state index contributed by atoms with van der Waals surface area (Å²) in [6.45, 7) is 1.60. The number of thiazole rings is 1. The van der Waals surface area contributed by atoms with Gasteiger partial charge in [0.2, 0.25) is 0 Å². The van der Waals surface area contributed by atoms with Gasteiger partial charge in [-0.15, -0.1) is 11.3 Å². The average Bonchev–Trinajstić information content (AvgIpc) is 3.02. The first-order chi connectivity index (χ1) is 13.5. The first kappa shape index (κ1) is 18.8. The third-order valence-electron chi connectivity index (χ3n) is 4.01. The summed E-state index contributed by atoms with van der Waals surface area (Å²) in [5.74, 6) is -0.491. The summed E-state index contributed by atoms with van der Waals surface area (Å²) in [6, 6.07) is 16.5. The van der Waals surface area contributed by atoms with Crippen LogP contribution in [-0.4, -0.2) is 4.57 Å². The van der Waals surface area contributed by atoms with Crippen LogP contribution in [0.2, 0.25) is 0 Å². The number of nitriles is 3. The van der Waals surface area contributed by atoms with Gasteiger partial charge in [-0.2, -0.15) is 15.8 Å². The van der Waals surface area contributed by atoms with Gasteiger partial charge in [0.25, 0.3) is 5.56 Å². The van der Waals surface area contributed by atoms with E-state index in [0.29, 0.717) is 16.7 Å². The molecule has 2 aromatic carbocycles. The van der Waals surface area contributed by atoms with E-state index in [-0.39, 0.29) is 20.5 Å². The Bertz CT molecular complexity index is 1360. The lowest BCUT2D eigenvalue weighted by atomic mass is 10.1. The van der Waals surface area contributed by atoms with Crippen molar-refractivity contribution in [3.05, 3.63) is 84.5 Å². The van der Waals surface area contributed by atoms with E-state index in [2.05, 4.69) is 0 Å². The van der Waals surface area contributed by atoms with Gasteiger partial charge in [0, 0.05) is 0 Å². The van der Waals surface area contributed by atoms with Gasteiger partial charge < -0.3 is 0 Å². The van der Waals surface area contributed by atoms with Gasteiger partial charge in [0.15, 0.2) is 5.57 Å². The van der Waals surface area contributed by atoms with Crippen molar-refractivity contribution >= 4 is 23.0 Å². The molecule has 0 saturated carbocycles. The van der Waals surface area contributed by atoms with Crippen molar-refractivity contribution in [1.82, 2.24) is 4.57 Å². The van der Waals surface area contributed by atoms with Gasteiger partial charge in [0.05, 0.1) is 21.9 Å². The van der Waals surface area contributed by atoms with Crippen LogP contribution in [0.4, 0.5) is 4.39 Å². The van der Waals surface area contributed by atoms with E-state index in [4.69, 9.17) is 5.26 Å². The molecule has 0 radical (unpaired) electrons. The van der Waals surface area contributed by atoms with Crippen LogP contribution >= 0.6 is 11.3 Å². The molecule has 0 N–H and O–H groups in total. The maximum Gasteiger partial charge on any atom is 0.273 e. The van der Waals surface area contributed by atoms with Gasteiger partial charge in [-0.05, 0) is 48.4 Å². The van der Waals surface area contributed by atoms with Crippen molar-refractivity contribution in [2.45, 2.75) is 6.92 Å². The average molecular weight is 386 g/mol. The fourth-order valence-electron chi connectivity index (χ4n) is 2.53. The van der Waals surface area contributed by atoms with Crippen LogP contribution in [0.5, 0.6) is 0 Å². The second-order valence-corrected chi connectivity index (χ2v) is 6.85. The molecular formula is C21H11FN4OS. The number of nitrogens with zero attached hydrogens (tertiary/aromatic N) is 4. The molecule has 0 fully saturated rings. The summed E-state index contributed by atoms with van der Waals surface area (Å²) < 4.78 is 15.6. The Labute approximate surface area is 163 Å². The molecule has 0 amide bonds. The van der Waals surface area contributed by atoms with E-state index in [1.165, 1.54) is 16.7 Å². The van der Waals surface area contributed by atoms with Crippen LogP contribution in [0.25, 0.3) is 17.3 Å². The fraction of sp³-hybridized carbons (Fsp3) is 0.0476. The lowest BCUT2D eigenvalue weighted by Crippen LogP contribution is -2.30. The van der Waals surface area contributed by atoms with Crippen molar-refractivity contribution < 1.29 is 4.39 Å². The number of benzene rings is 2. The van der Waals surface area contributed by atoms with Crippen molar-refractivity contribution in [2.75, 3.05) is 0 Å². The molecule has 0 bridgehead atoms. The highest BCUT2D eigenvalue weighted by atomic mass is 32.1. The van der Waals surface area contributed by atoms with Gasteiger partial charge in [-0.1, -0.05) is 18.2 Å². The monoisotopic (exact) mass is 386 g/mol. The van der Waals surface area contributed by atoms with Crippen molar-refractivity contribution in [3.63, 3.8) is 0 Å². The summed E-state index contributed by atoms with van der Waals surface area (Å²) in [5, 5.41) is 27.4. The normalized spacial score (nSPS) is 10.8. The van der Waals surface area contributed by atoms with Gasteiger partial charge in [-0.25, -0.2) is 4.39 Å². The lowest BCUT2D eigenvalue weighted by Gasteiger charge is -2.04. The molecule has 3 rings (SSSR count). The summed E-state index contributed by atoms with van der Waals surface area (Å²) in [5.41, 5.74) is 1.13. The van der Waals surface area contributed by atoms with E-state index in [9.17, 15) is 19.7 Å². The predicted molar refractivity (Wildman–Crippen MR) is 103 cm³/mol. The number of rotatable bonds is 2. The molecule has 28 heavy (non-hydrogen) atoms. The topological polar surface area (TPSA) is 93.4 Å². The lowest BCUT2D eigenvalue weighted by molar-refractivity contribution is 0.617. The van der Waals surface area contributed by atoms with Crippen molar-refractivity contribution in [2.24, 2.45) is 0 Å². The quantitative estimate of drug-likeness (QED) is 0.675. The Morgan fingerprint density at radius 3 is 2.36 bits per heavy atom. The van der Waals surface area contributed by atoms with Gasteiger partial charge in [-0.3, -0.25) is 9.36 Å². The van der Waals surface area contributed by atoms with Crippen LogP contribution in [-0.2, 0) is 0 Å². The van der Waals surface area contributed by atoms with E-state index in [1.807, 2.05) is 6.07 Å². The maximum atomic E-state index is 14.0. The second-order valence-electron chi connectivity index (χ2n) is 5.82. The molecule has 7 heteroatoms. The molecule has 0 aliphatic rings. The molecule has 0 atom stereocenters. The summed E-state index contributed by atoms with van der Waals surface area (Å²) in [6.07, 6.45) is 1.60. The Hall–Kier alpha value is -3.99. The molecule has 134 valence electrons. The zero-order valence-electron chi connectivity index (χ0n) is 14.6. The molecule has 0 aliphatic carbocycles. The molecular weight excluding hydrogens is 375 g/mol. The number of aryl methyl sites for hydroxylation is 1. The largest absolute Gasteiger partial charge is 0.273 e. The Morgan fingerprint density at radius 1 is 1.11 bits per heavy atom.